The van der Waals surface area contributed by atoms with Gasteiger partial charge in [-0.2, -0.15) is 12.7 Å². The number of rotatable bonds is 8. The van der Waals surface area contributed by atoms with Gasteiger partial charge in [-0.1, -0.05) is 13.8 Å². The van der Waals surface area contributed by atoms with Crippen LogP contribution in [0.25, 0.3) is 0 Å². The van der Waals surface area contributed by atoms with E-state index in [-0.39, 0.29) is 18.3 Å². The van der Waals surface area contributed by atoms with Crippen molar-refractivity contribution in [2.24, 2.45) is 5.92 Å². The Morgan fingerprint density at radius 1 is 1.41 bits per heavy atom. The molecular formula is C10H22N2O4S. The van der Waals surface area contributed by atoms with Crippen LogP contribution in [0.15, 0.2) is 0 Å². The fourth-order valence-corrected chi connectivity index (χ4v) is 2.18. The molecule has 0 saturated heterocycles. The van der Waals surface area contributed by atoms with Crippen LogP contribution in [0.1, 0.15) is 26.7 Å². The van der Waals surface area contributed by atoms with E-state index in [4.69, 9.17) is 0 Å². The lowest BCUT2D eigenvalue weighted by Crippen LogP contribution is -2.40. The number of nitrogens with one attached hydrogen (secondary N) is 1. The molecule has 102 valence electrons. The third kappa shape index (κ3) is 7.30. The van der Waals surface area contributed by atoms with E-state index in [9.17, 15) is 13.2 Å². The summed E-state index contributed by atoms with van der Waals surface area (Å²) in [5, 5.41) is 0. The Kier molecular flexibility index (Phi) is 7.33. The maximum atomic E-state index is 11.7. The SMILES string of the molecule is COC(=O)CCCN(C)S(=O)(=O)NCC(C)C. The molecule has 0 aliphatic heterocycles. The van der Waals surface area contributed by atoms with Crippen molar-refractivity contribution in [3.63, 3.8) is 0 Å². The van der Waals surface area contributed by atoms with Gasteiger partial charge in [-0.15, -0.1) is 0 Å². The molecule has 17 heavy (non-hydrogen) atoms. The number of carbonyl (C=O) groups is 1. The van der Waals surface area contributed by atoms with Crippen LogP contribution in [-0.2, 0) is 19.7 Å². The van der Waals surface area contributed by atoms with E-state index >= 15 is 0 Å². The molecule has 0 aromatic heterocycles. The van der Waals surface area contributed by atoms with Crippen LogP contribution in [0.5, 0.6) is 0 Å². The standard InChI is InChI=1S/C10H22N2O4S/c1-9(2)8-11-17(14,15)12(3)7-5-6-10(13)16-4/h9,11H,5-8H2,1-4H3. The zero-order valence-electron chi connectivity index (χ0n) is 10.9. The maximum Gasteiger partial charge on any atom is 0.305 e. The smallest absolute Gasteiger partial charge is 0.305 e. The summed E-state index contributed by atoms with van der Waals surface area (Å²) in [5.41, 5.74) is 0. The van der Waals surface area contributed by atoms with Crippen molar-refractivity contribution in [1.29, 1.82) is 0 Å². The van der Waals surface area contributed by atoms with Gasteiger partial charge in [0.1, 0.15) is 0 Å². The minimum atomic E-state index is -3.43. The molecule has 7 heteroatoms. The average Bonchev–Trinajstić information content (AvgIpc) is 2.26. The molecular weight excluding hydrogens is 244 g/mol. The molecule has 6 nitrogen and oxygen atoms in total. The van der Waals surface area contributed by atoms with E-state index < -0.39 is 10.2 Å². The van der Waals surface area contributed by atoms with Gasteiger partial charge in [0.25, 0.3) is 10.2 Å². The molecule has 0 aliphatic carbocycles. The molecule has 0 spiro atoms. The first-order valence-corrected chi connectivity index (χ1v) is 7.01. The molecule has 0 rings (SSSR count). The Bertz CT molecular complexity index is 327. The van der Waals surface area contributed by atoms with E-state index in [0.29, 0.717) is 19.5 Å². The highest BCUT2D eigenvalue weighted by Crippen LogP contribution is 2.00. The first kappa shape index (κ1) is 16.3. The van der Waals surface area contributed by atoms with Crippen molar-refractivity contribution in [3.05, 3.63) is 0 Å². The summed E-state index contributed by atoms with van der Waals surface area (Å²) < 4.78 is 31.5. The summed E-state index contributed by atoms with van der Waals surface area (Å²) in [6.45, 7) is 4.56. The average molecular weight is 266 g/mol. The Morgan fingerprint density at radius 2 is 2.00 bits per heavy atom. The molecule has 0 saturated carbocycles. The molecule has 0 unspecified atom stereocenters. The Labute approximate surface area is 104 Å². The topological polar surface area (TPSA) is 75.7 Å². The molecule has 0 bridgehead atoms. The monoisotopic (exact) mass is 266 g/mol. The second kappa shape index (κ2) is 7.62. The number of carbonyl (C=O) groups excluding carboxylic acids is 1. The maximum absolute atomic E-state index is 11.7. The van der Waals surface area contributed by atoms with Crippen molar-refractivity contribution >= 4 is 16.2 Å². The number of nitrogens with zero attached hydrogens (tertiary/aromatic N) is 1. The zero-order valence-corrected chi connectivity index (χ0v) is 11.7. The highest BCUT2D eigenvalue weighted by Gasteiger charge is 2.17. The highest BCUT2D eigenvalue weighted by molar-refractivity contribution is 7.87. The van der Waals surface area contributed by atoms with E-state index in [1.165, 1.54) is 18.5 Å². The third-order valence-electron chi connectivity index (χ3n) is 2.17. The number of methoxy groups -OCH3 is 1. The molecule has 0 amide bonds. The molecule has 0 aromatic carbocycles. The molecule has 0 aromatic rings. The number of esters is 1. The van der Waals surface area contributed by atoms with Gasteiger partial charge < -0.3 is 4.74 Å². The van der Waals surface area contributed by atoms with E-state index in [0.717, 1.165) is 0 Å². The summed E-state index contributed by atoms with van der Waals surface area (Å²) in [4.78, 5) is 10.9. The Hall–Kier alpha value is -0.660. The summed E-state index contributed by atoms with van der Waals surface area (Å²) >= 11 is 0. The first-order valence-electron chi connectivity index (χ1n) is 5.57. The van der Waals surface area contributed by atoms with Crippen LogP contribution in [0.4, 0.5) is 0 Å². The zero-order chi connectivity index (χ0) is 13.5. The summed E-state index contributed by atoms with van der Waals surface area (Å²) in [6.07, 6.45) is 0.673. The minimum Gasteiger partial charge on any atom is -0.469 e. The van der Waals surface area contributed by atoms with Gasteiger partial charge in [-0.25, -0.2) is 4.72 Å². The van der Waals surface area contributed by atoms with Gasteiger partial charge in [0.2, 0.25) is 0 Å². The van der Waals surface area contributed by atoms with Crippen LogP contribution in [0.2, 0.25) is 0 Å². The number of hydrogen-bond acceptors (Lipinski definition) is 4. The van der Waals surface area contributed by atoms with Crippen LogP contribution in [0.3, 0.4) is 0 Å². The minimum absolute atomic E-state index is 0.223. The summed E-state index contributed by atoms with van der Waals surface area (Å²) in [5.74, 6) is -0.0702. The predicted molar refractivity (Wildman–Crippen MR) is 65.6 cm³/mol. The van der Waals surface area contributed by atoms with Crippen LogP contribution < -0.4 is 4.72 Å². The summed E-state index contributed by atoms with van der Waals surface area (Å²) in [7, 11) is -0.630. The number of ether oxygens (including phenoxy) is 1. The normalized spacial score (nSPS) is 12.1. The van der Waals surface area contributed by atoms with Crippen molar-refractivity contribution in [3.8, 4) is 0 Å². The van der Waals surface area contributed by atoms with Gasteiger partial charge in [0.15, 0.2) is 0 Å². The van der Waals surface area contributed by atoms with Gasteiger partial charge >= 0.3 is 5.97 Å². The second-order valence-corrected chi connectivity index (χ2v) is 6.11. The molecule has 0 aliphatic rings. The molecule has 0 heterocycles. The van der Waals surface area contributed by atoms with Crippen molar-refractivity contribution in [2.75, 3.05) is 27.2 Å². The van der Waals surface area contributed by atoms with Gasteiger partial charge in [-0.05, 0) is 12.3 Å². The molecule has 0 atom stereocenters. The van der Waals surface area contributed by atoms with E-state index in [2.05, 4.69) is 9.46 Å². The molecule has 0 radical (unpaired) electrons. The Balaban J connectivity index is 4.03. The van der Waals surface area contributed by atoms with E-state index in [1.54, 1.807) is 0 Å². The molecule has 0 fully saturated rings. The van der Waals surface area contributed by atoms with Crippen molar-refractivity contribution < 1.29 is 17.9 Å². The van der Waals surface area contributed by atoms with Gasteiger partial charge in [0, 0.05) is 26.6 Å². The number of hydrogen-bond donors (Lipinski definition) is 1. The fourth-order valence-electron chi connectivity index (χ4n) is 1.05. The second-order valence-electron chi connectivity index (χ2n) is 4.25. The van der Waals surface area contributed by atoms with Gasteiger partial charge in [-0.3, -0.25) is 4.79 Å². The van der Waals surface area contributed by atoms with Crippen LogP contribution in [0, 0.1) is 5.92 Å². The summed E-state index contributed by atoms with van der Waals surface area (Å²) in [6, 6.07) is 0. The third-order valence-corrected chi connectivity index (χ3v) is 3.70. The van der Waals surface area contributed by atoms with Crippen LogP contribution in [-0.4, -0.2) is 45.9 Å². The van der Waals surface area contributed by atoms with E-state index in [1.807, 2.05) is 13.8 Å². The lowest BCUT2D eigenvalue weighted by atomic mass is 10.2. The van der Waals surface area contributed by atoms with Crippen LogP contribution >= 0.6 is 0 Å². The first-order chi connectivity index (χ1) is 7.79. The van der Waals surface area contributed by atoms with Crippen molar-refractivity contribution in [2.45, 2.75) is 26.7 Å². The largest absolute Gasteiger partial charge is 0.469 e. The Morgan fingerprint density at radius 3 is 2.47 bits per heavy atom. The lowest BCUT2D eigenvalue weighted by Gasteiger charge is -2.18. The van der Waals surface area contributed by atoms with Gasteiger partial charge in [0.05, 0.1) is 7.11 Å². The van der Waals surface area contributed by atoms with Crippen molar-refractivity contribution in [1.82, 2.24) is 9.03 Å². The lowest BCUT2D eigenvalue weighted by molar-refractivity contribution is -0.140. The predicted octanol–water partition coefficient (Wildman–Crippen LogP) is 0.362. The fraction of sp³-hybridized carbons (Fsp3) is 0.900. The quantitative estimate of drug-likeness (QED) is 0.644. The molecule has 1 N–H and O–H groups in total. The highest BCUT2D eigenvalue weighted by atomic mass is 32.2.